The summed E-state index contributed by atoms with van der Waals surface area (Å²) in [7, 11) is 0. The van der Waals surface area contributed by atoms with Crippen LogP contribution in [0.3, 0.4) is 0 Å². The zero-order valence-electron chi connectivity index (χ0n) is 10.4. The third kappa shape index (κ3) is 3.08. The maximum Gasteiger partial charge on any atom is 0.234 e. The Labute approximate surface area is 116 Å². The number of thiocarbonyl (C=S) groups is 1. The second kappa shape index (κ2) is 5.63. The summed E-state index contributed by atoms with van der Waals surface area (Å²) in [6, 6.07) is 4.37. The molecule has 4 nitrogen and oxygen atoms in total. The molecular formula is C13H16FN3OS. The number of nitrogens with two attached hydrogens (primary N) is 2. The molecule has 1 aliphatic heterocycles. The molecule has 1 fully saturated rings. The van der Waals surface area contributed by atoms with Gasteiger partial charge in [-0.2, -0.15) is 0 Å². The van der Waals surface area contributed by atoms with E-state index in [1.165, 1.54) is 6.07 Å². The lowest BCUT2D eigenvalue weighted by Crippen LogP contribution is -2.39. The molecule has 0 saturated carbocycles. The summed E-state index contributed by atoms with van der Waals surface area (Å²) in [4.78, 5) is 13.4. The number of halogens is 1. The van der Waals surface area contributed by atoms with Crippen molar-refractivity contribution in [2.24, 2.45) is 11.5 Å². The number of likely N-dealkylation sites (tertiary alicyclic amines) is 1. The van der Waals surface area contributed by atoms with E-state index in [0.717, 1.165) is 19.4 Å². The van der Waals surface area contributed by atoms with Gasteiger partial charge in [0.1, 0.15) is 10.8 Å². The lowest BCUT2D eigenvalue weighted by molar-refractivity contribution is -0.122. The molecule has 1 atom stereocenters. The van der Waals surface area contributed by atoms with Crippen LogP contribution in [-0.4, -0.2) is 28.4 Å². The van der Waals surface area contributed by atoms with Crippen LogP contribution in [-0.2, 0) is 11.3 Å². The summed E-state index contributed by atoms with van der Waals surface area (Å²) >= 11 is 4.80. The third-order valence-electron chi connectivity index (χ3n) is 3.40. The van der Waals surface area contributed by atoms with E-state index in [-0.39, 0.29) is 22.8 Å². The van der Waals surface area contributed by atoms with Crippen molar-refractivity contribution < 1.29 is 9.18 Å². The van der Waals surface area contributed by atoms with Crippen molar-refractivity contribution in [1.29, 1.82) is 0 Å². The SMILES string of the molecule is NC(=O)C1CCCN1Cc1ccc(C(N)=S)cc1F. The van der Waals surface area contributed by atoms with E-state index >= 15 is 0 Å². The lowest BCUT2D eigenvalue weighted by atomic mass is 10.1. The van der Waals surface area contributed by atoms with Gasteiger partial charge in [-0.05, 0) is 25.5 Å². The minimum absolute atomic E-state index is 0.168. The van der Waals surface area contributed by atoms with Crippen LogP contribution in [0.2, 0.25) is 0 Å². The Kier molecular flexibility index (Phi) is 4.11. The predicted octanol–water partition coefficient (Wildman–Crippen LogP) is 0.910. The molecule has 1 amide bonds. The van der Waals surface area contributed by atoms with E-state index in [4.69, 9.17) is 23.7 Å². The summed E-state index contributed by atoms with van der Waals surface area (Å²) in [5.41, 5.74) is 11.8. The normalized spacial score (nSPS) is 19.5. The molecule has 0 bridgehead atoms. The Morgan fingerprint density at radius 3 is 2.79 bits per heavy atom. The van der Waals surface area contributed by atoms with Crippen molar-refractivity contribution in [1.82, 2.24) is 4.90 Å². The van der Waals surface area contributed by atoms with E-state index in [2.05, 4.69) is 0 Å². The molecule has 0 aromatic heterocycles. The van der Waals surface area contributed by atoms with Crippen LogP contribution in [0, 0.1) is 5.82 Å². The number of hydrogen-bond donors (Lipinski definition) is 2. The van der Waals surface area contributed by atoms with Crippen molar-refractivity contribution in [3.63, 3.8) is 0 Å². The van der Waals surface area contributed by atoms with Gasteiger partial charge >= 0.3 is 0 Å². The van der Waals surface area contributed by atoms with Gasteiger partial charge in [0.25, 0.3) is 0 Å². The number of hydrogen-bond acceptors (Lipinski definition) is 3. The molecule has 0 spiro atoms. The number of nitrogens with zero attached hydrogens (tertiary/aromatic N) is 1. The average Bonchev–Trinajstić information content (AvgIpc) is 2.79. The monoisotopic (exact) mass is 281 g/mol. The van der Waals surface area contributed by atoms with Gasteiger partial charge in [-0.25, -0.2) is 4.39 Å². The van der Waals surface area contributed by atoms with E-state index in [1.807, 2.05) is 4.90 Å². The minimum atomic E-state index is -0.361. The molecule has 0 radical (unpaired) electrons. The maximum absolute atomic E-state index is 13.9. The molecule has 0 aliphatic carbocycles. The van der Waals surface area contributed by atoms with Crippen LogP contribution < -0.4 is 11.5 Å². The van der Waals surface area contributed by atoms with Crippen LogP contribution in [0.4, 0.5) is 4.39 Å². The molecule has 4 N–H and O–H groups in total. The Morgan fingerprint density at radius 1 is 1.47 bits per heavy atom. The highest BCUT2D eigenvalue weighted by Crippen LogP contribution is 2.21. The largest absolute Gasteiger partial charge is 0.389 e. The second-order valence-corrected chi connectivity index (χ2v) is 5.14. The Balaban J connectivity index is 2.15. The zero-order valence-corrected chi connectivity index (χ0v) is 11.3. The molecule has 19 heavy (non-hydrogen) atoms. The number of rotatable bonds is 4. The predicted molar refractivity (Wildman–Crippen MR) is 74.9 cm³/mol. The first-order valence-corrected chi connectivity index (χ1v) is 6.51. The Hall–Kier alpha value is -1.53. The van der Waals surface area contributed by atoms with E-state index in [0.29, 0.717) is 17.7 Å². The van der Waals surface area contributed by atoms with Crippen molar-refractivity contribution >= 4 is 23.1 Å². The molecule has 1 aliphatic rings. The minimum Gasteiger partial charge on any atom is -0.389 e. The maximum atomic E-state index is 13.9. The fourth-order valence-corrected chi connectivity index (χ4v) is 2.51. The van der Waals surface area contributed by atoms with Crippen molar-refractivity contribution in [3.05, 3.63) is 35.1 Å². The van der Waals surface area contributed by atoms with Gasteiger partial charge in [-0.15, -0.1) is 0 Å². The topological polar surface area (TPSA) is 72.4 Å². The first-order valence-electron chi connectivity index (χ1n) is 6.10. The molecular weight excluding hydrogens is 265 g/mol. The van der Waals surface area contributed by atoms with Crippen LogP contribution >= 0.6 is 12.2 Å². The van der Waals surface area contributed by atoms with Crippen LogP contribution in [0.15, 0.2) is 18.2 Å². The lowest BCUT2D eigenvalue weighted by Gasteiger charge is -2.22. The van der Waals surface area contributed by atoms with Crippen LogP contribution in [0.5, 0.6) is 0 Å². The number of primary amides is 1. The van der Waals surface area contributed by atoms with E-state index < -0.39 is 0 Å². The second-order valence-electron chi connectivity index (χ2n) is 4.70. The Bertz CT molecular complexity index is 521. The number of carbonyl (C=O) groups excluding carboxylic acids is 1. The zero-order chi connectivity index (χ0) is 14.0. The van der Waals surface area contributed by atoms with Crippen LogP contribution in [0.25, 0.3) is 0 Å². The van der Waals surface area contributed by atoms with Crippen molar-refractivity contribution in [2.45, 2.75) is 25.4 Å². The summed E-state index contributed by atoms with van der Waals surface area (Å²) < 4.78 is 13.9. The molecule has 6 heteroatoms. The smallest absolute Gasteiger partial charge is 0.234 e. The molecule has 102 valence electrons. The van der Waals surface area contributed by atoms with Gasteiger partial charge in [0.05, 0.1) is 6.04 Å². The number of carbonyl (C=O) groups is 1. The summed E-state index contributed by atoms with van der Waals surface area (Å²) in [5.74, 6) is -0.710. The highest BCUT2D eigenvalue weighted by atomic mass is 32.1. The molecule has 1 aromatic rings. The summed E-state index contributed by atoms with van der Waals surface area (Å²) in [6.45, 7) is 1.13. The molecule has 1 aromatic carbocycles. The average molecular weight is 281 g/mol. The van der Waals surface area contributed by atoms with Crippen molar-refractivity contribution in [2.75, 3.05) is 6.54 Å². The van der Waals surface area contributed by atoms with Gasteiger partial charge in [-0.1, -0.05) is 24.4 Å². The van der Waals surface area contributed by atoms with Crippen LogP contribution in [0.1, 0.15) is 24.0 Å². The number of amides is 1. The molecule has 1 unspecified atom stereocenters. The fraction of sp³-hybridized carbons (Fsp3) is 0.385. The van der Waals surface area contributed by atoms with Gasteiger partial charge in [-0.3, -0.25) is 9.69 Å². The quantitative estimate of drug-likeness (QED) is 0.805. The van der Waals surface area contributed by atoms with Gasteiger partial charge in [0.2, 0.25) is 5.91 Å². The third-order valence-corrected chi connectivity index (χ3v) is 3.64. The van der Waals surface area contributed by atoms with Gasteiger partial charge in [0.15, 0.2) is 0 Å². The van der Waals surface area contributed by atoms with Gasteiger partial charge in [0, 0.05) is 17.7 Å². The molecule has 2 rings (SSSR count). The fourth-order valence-electron chi connectivity index (χ4n) is 2.39. The first-order chi connectivity index (χ1) is 8.99. The molecule has 1 heterocycles. The number of benzene rings is 1. The summed E-state index contributed by atoms with van der Waals surface area (Å²) in [6.07, 6.45) is 1.64. The first kappa shape index (κ1) is 13.9. The molecule has 1 saturated heterocycles. The summed E-state index contributed by atoms with van der Waals surface area (Å²) in [5, 5.41) is 0. The highest BCUT2D eigenvalue weighted by molar-refractivity contribution is 7.80. The Morgan fingerprint density at radius 2 is 2.21 bits per heavy atom. The van der Waals surface area contributed by atoms with Gasteiger partial charge < -0.3 is 11.5 Å². The van der Waals surface area contributed by atoms with E-state index in [9.17, 15) is 9.18 Å². The van der Waals surface area contributed by atoms with Crippen molar-refractivity contribution in [3.8, 4) is 0 Å². The van der Waals surface area contributed by atoms with E-state index in [1.54, 1.807) is 12.1 Å². The highest BCUT2D eigenvalue weighted by Gasteiger charge is 2.29. The standard InChI is InChI=1S/C13H16FN3OS/c14-10-6-8(13(16)19)3-4-9(10)7-17-5-1-2-11(17)12(15)18/h3-4,6,11H,1-2,5,7H2,(H2,15,18)(H2,16,19).